The normalized spacial score (nSPS) is 11.5. The Morgan fingerprint density at radius 1 is 1.24 bits per heavy atom. The van der Waals surface area contributed by atoms with Gasteiger partial charge in [0.05, 0.1) is 17.6 Å². The Kier molecular flexibility index (Phi) is 4.39. The Balaban J connectivity index is 2.13. The number of nitrogens with zero attached hydrogens (tertiary/aromatic N) is 3. The molecule has 0 N–H and O–H groups in total. The Morgan fingerprint density at radius 3 is 2.68 bits per heavy atom. The fourth-order valence-electron chi connectivity index (χ4n) is 2.60. The van der Waals surface area contributed by atoms with Gasteiger partial charge in [-0.05, 0) is 48.9 Å². The number of carbonyl (C=O) groups is 1. The molecule has 3 aromatic rings. The molecule has 0 aliphatic carbocycles. The Hall–Kier alpha value is -2.96. The SMILES string of the molecule is CC(F)(F)Cc1cc(F)cc(-c2cc(C=O)nn2-c2cccnc2)c1. The molecule has 0 spiro atoms. The summed E-state index contributed by atoms with van der Waals surface area (Å²) in [7, 11) is 0. The van der Waals surface area contributed by atoms with E-state index in [4.69, 9.17) is 0 Å². The molecule has 4 nitrogen and oxygen atoms in total. The lowest BCUT2D eigenvalue weighted by atomic mass is 10.0. The van der Waals surface area contributed by atoms with Crippen LogP contribution in [0.1, 0.15) is 23.0 Å². The van der Waals surface area contributed by atoms with E-state index in [9.17, 15) is 18.0 Å². The minimum Gasteiger partial charge on any atom is -0.296 e. The van der Waals surface area contributed by atoms with Crippen LogP contribution in [0.15, 0.2) is 48.8 Å². The van der Waals surface area contributed by atoms with E-state index in [-0.39, 0.29) is 11.3 Å². The highest BCUT2D eigenvalue weighted by molar-refractivity contribution is 5.76. The quantitative estimate of drug-likeness (QED) is 0.655. The summed E-state index contributed by atoms with van der Waals surface area (Å²) in [4.78, 5) is 15.1. The van der Waals surface area contributed by atoms with E-state index < -0.39 is 18.2 Å². The molecule has 0 amide bonds. The standard InChI is InChI=1S/C18H14F3N3O/c1-18(20,21)9-12-5-13(7-14(19)6-12)17-8-15(11-25)23-24(17)16-3-2-4-22-10-16/h2-8,10-11H,9H2,1H3. The summed E-state index contributed by atoms with van der Waals surface area (Å²) in [5.41, 5.74) is 1.63. The molecule has 25 heavy (non-hydrogen) atoms. The molecule has 0 bridgehead atoms. The van der Waals surface area contributed by atoms with Gasteiger partial charge in [0.15, 0.2) is 6.29 Å². The van der Waals surface area contributed by atoms with E-state index in [1.807, 2.05) is 0 Å². The number of alkyl halides is 2. The maximum Gasteiger partial charge on any atom is 0.249 e. The van der Waals surface area contributed by atoms with E-state index >= 15 is 0 Å². The molecule has 128 valence electrons. The number of benzene rings is 1. The van der Waals surface area contributed by atoms with Gasteiger partial charge in [-0.2, -0.15) is 5.10 Å². The van der Waals surface area contributed by atoms with E-state index in [0.29, 0.717) is 23.2 Å². The van der Waals surface area contributed by atoms with Crippen molar-refractivity contribution in [2.45, 2.75) is 19.3 Å². The van der Waals surface area contributed by atoms with Gasteiger partial charge >= 0.3 is 0 Å². The third kappa shape index (κ3) is 3.93. The van der Waals surface area contributed by atoms with Crippen LogP contribution in [0.2, 0.25) is 0 Å². The molecule has 0 aliphatic rings. The lowest BCUT2D eigenvalue weighted by Gasteiger charge is -2.12. The highest BCUT2D eigenvalue weighted by Crippen LogP contribution is 2.28. The van der Waals surface area contributed by atoms with Crippen LogP contribution >= 0.6 is 0 Å². The van der Waals surface area contributed by atoms with Gasteiger partial charge in [0.2, 0.25) is 5.92 Å². The molecule has 0 saturated heterocycles. The summed E-state index contributed by atoms with van der Waals surface area (Å²) in [5, 5.41) is 4.15. The van der Waals surface area contributed by atoms with Gasteiger partial charge in [-0.3, -0.25) is 9.78 Å². The van der Waals surface area contributed by atoms with Crippen LogP contribution in [0.5, 0.6) is 0 Å². The van der Waals surface area contributed by atoms with Crippen molar-refractivity contribution >= 4 is 6.29 Å². The monoisotopic (exact) mass is 345 g/mol. The molecule has 0 fully saturated rings. The van der Waals surface area contributed by atoms with Gasteiger partial charge in [0.1, 0.15) is 11.5 Å². The highest BCUT2D eigenvalue weighted by atomic mass is 19.3. The molecule has 3 rings (SSSR count). The fourth-order valence-corrected chi connectivity index (χ4v) is 2.60. The Labute approximate surface area is 141 Å². The molecule has 7 heteroatoms. The van der Waals surface area contributed by atoms with Gasteiger partial charge in [-0.15, -0.1) is 0 Å². The first-order valence-corrected chi connectivity index (χ1v) is 7.49. The fraction of sp³-hybridized carbons (Fsp3) is 0.167. The zero-order valence-electron chi connectivity index (χ0n) is 13.3. The summed E-state index contributed by atoms with van der Waals surface area (Å²) < 4.78 is 41.9. The average Bonchev–Trinajstić information content (AvgIpc) is 2.98. The van der Waals surface area contributed by atoms with Crippen LogP contribution in [0, 0.1) is 5.82 Å². The van der Waals surface area contributed by atoms with E-state index in [1.54, 1.807) is 18.3 Å². The number of rotatable bonds is 5. The summed E-state index contributed by atoms with van der Waals surface area (Å²) in [5.74, 6) is -3.59. The van der Waals surface area contributed by atoms with Crippen molar-refractivity contribution in [2.75, 3.05) is 0 Å². The van der Waals surface area contributed by atoms with Gasteiger partial charge in [0.25, 0.3) is 0 Å². The second-order valence-electron chi connectivity index (χ2n) is 5.79. The maximum absolute atomic E-state index is 14.0. The van der Waals surface area contributed by atoms with Gasteiger partial charge in [0, 0.05) is 18.2 Å². The number of halogens is 3. The van der Waals surface area contributed by atoms with Crippen molar-refractivity contribution in [3.63, 3.8) is 0 Å². The first kappa shape index (κ1) is 16.9. The minimum absolute atomic E-state index is 0.144. The summed E-state index contributed by atoms with van der Waals surface area (Å²) >= 11 is 0. The molecule has 0 aliphatic heterocycles. The van der Waals surface area contributed by atoms with Gasteiger partial charge < -0.3 is 0 Å². The molecule has 0 saturated carbocycles. The third-order valence-electron chi connectivity index (χ3n) is 3.51. The van der Waals surface area contributed by atoms with Crippen molar-refractivity contribution in [1.29, 1.82) is 0 Å². The van der Waals surface area contributed by atoms with Crippen molar-refractivity contribution in [2.24, 2.45) is 0 Å². The van der Waals surface area contributed by atoms with E-state index in [0.717, 1.165) is 13.0 Å². The smallest absolute Gasteiger partial charge is 0.249 e. The Morgan fingerprint density at radius 2 is 2.04 bits per heavy atom. The maximum atomic E-state index is 14.0. The van der Waals surface area contributed by atoms with Crippen LogP contribution in [-0.4, -0.2) is 27.0 Å². The summed E-state index contributed by atoms with van der Waals surface area (Å²) in [6, 6.07) is 8.65. The van der Waals surface area contributed by atoms with Crippen molar-refractivity contribution in [3.8, 4) is 16.9 Å². The van der Waals surface area contributed by atoms with Gasteiger partial charge in [-0.1, -0.05) is 0 Å². The van der Waals surface area contributed by atoms with Crippen molar-refractivity contribution in [3.05, 3.63) is 65.9 Å². The van der Waals surface area contributed by atoms with Gasteiger partial charge in [-0.25, -0.2) is 17.9 Å². The lowest BCUT2D eigenvalue weighted by molar-refractivity contribution is 0.0226. The average molecular weight is 345 g/mol. The zero-order chi connectivity index (χ0) is 18.0. The largest absolute Gasteiger partial charge is 0.296 e. The van der Waals surface area contributed by atoms with Crippen LogP contribution in [0.3, 0.4) is 0 Å². The number of aromatic nitrogens is 3. The Bertz CT molecular complexity index is 902. The molecular weight excluding hydrogens is 331 g/mol. The number of hydrogen-bond donors (Lipinski definition) is 0. The summed E-state index contributed by atoms with van der Waals surface area (Å²) in [6.07, 6.45) is 3.10. The molecular formula is C18H14F3N3O. The predicted octanol–water partition coefficient (Wildman–Crippen LogP) is 4.08. The molecule has 0 unspecified atom stereocenters. The summed E-state index contributed by atoms with van der Waals surface area (Å²) in [6.45, 7) is 0.780. The van der Waals surface area contributed by atoms with E-state index in [1.165, 1.54) is 29.1 Å². The highest BCUT2D eigenvalue weighted by Gasteiger charge is 2.23. The third-order valence-corrected chi connectivity index (χ3v) is 3.51. The molecule has 1 aromatic carbocycles. The van der Waals surface area contributed by atoms with E-state index in [2.05, 4.69) is 10.1 Å². The molecule has 0 radical (unpaired) electrons. The zero-order valence-corrected chi connectivity index (χ0v) is 13.3. The second kappa shape index (κ2) is 6.51. The van der Waals surface area contributed by atoms with Crippen LogP contribution in [0.25, 0.3) is 16.9 Å². The van der Waals surface area contributed by atoms with Crippen molar-refractivity contribution in [1.82, 2.24) is 14.8 Å². The molecule has 2 aromatic heterocycles. The van der Waals surface area contributed by atoms with Crippen molar-refractivity contribution < 1.29 is 18.0 Å². The minimum atomic E-state index is -2.96. The van der Waals surface area contributed by atoms with Crippen LogP contribution in [-0.2, 0) is 6.42 Å². The van der Waals surface area contributed by atoms with Crippen LogP contribution < -0.4 is 0 Å². The number of carbonyl (C=O) groups excluding carboxylic acids is 1. The topological polar surface area (TPSA) is 47.8 Å². The first-order chi connectivity index (χ1) is 11.9. The number of aldehydes is 1. The molecule has 2 heterocycles. The lowest BCUT2D eigenvalue weighted by Crippen LogP contribution is -2.13. The second-order valence-corrected chi connectivity index (χ2v) is 5.79. The number of hydrogen-bond acceptors (Lipinski definition) is 3. The van der Waals surface area contributed by atoms with Crippen LogP contribution in [0.4, 0.5) is 13.2 Å². The first-order valence-electron chi connectivity index (χ1n) is 7.49. The predicted molar refractivity (Wildman–Crippen MR) is 86.5 cm³/mol. The number of pyridine rings is 1. The molecule has 0 atom stereocenters.